The zero-order valence-corrected chi connectivity index (χ0v) is 15.3. The third-order valence-corrected chi connectivity index (χ3v) is 5.09. The number of piperidine rings is 1. The molecule has 0 aliphatic carbocycles. The highest BCUT2D eigenvalue weighted by Gasteiger charge is 2.33. The summed E-state index contributed by atoms with van der Waals surface area (Å²) in [5, 5.41) is 0. The Morgan fingerprint density at radius 2 is 1.65 bits per heavy atom. The summed E-state index contributed by atoms with van der Waals surface area (Å²) < 4.78 is 5.41. The maximum atomic E-state index is 12.5. The van der Waals surface area contributed by atoms with Gasteiger partial charge in [0.15, 0.2) is 0 Å². The number of hydrogen-bond acceptors (Lipinski definition) is 3. The van der Waals surface area contributed by atoms with E-state index in [9.17, 15) is 9.59 Å². The predicted molar refractivity (Wildman–Crippen MR) is 90.1 cm³/mol. The Bertz CT molecular complexity index is 444. The quantitative estimate of drug-likeness (QED) is 0.784. The first-order valence-electron chi connectivity index (χ1n) is 8.91. The predicted octanol–water partition coefficient (Wildman–Crippen LogP) is 3.14. The van der Waals surface area contributed by atoms with Crippen molar-refractivity contribution in [2.75, 3.05) is 26.2 Å². The van der Waals surface area contributed by atoms with Crippen molar-refractivity contribution in [2.45, 2.75) is 59.5 Å². The van der Waals surface area contributed by atoms with Crippen LogP contribution in [-0.4, -0.2) is 53.6 Å². The van der Waals surface area contributed by atoms with Gasteiger partial charge in [-0.3, -0.25) is 4.79 Å². The van der Waals surface area contributed by atoms with E-state index in [0.717, 1.165) is 25.9 Å². The summed E-state index contributed by atoms with van der Waals surface area (Å²) in [6, 6.07) is 0. The van der Waals surface area contributed by atoms with Gasteiger partial charge >= 0.3 is 6.09 Å². The molecule has 0 bridgehead atoms. The summed E-state index contributed by atoms with van der Waals surface area (Å²) >= 11 is 0. The molecule has 2 amide bonds. The van der Waals surface area contributed by atoms with Gasteiger partial charge in [-0.1, -0.05) is 13.8 Å². The van der Waals surface area contributed by atoms with Crippen LogP contribution in [0.1, 0.15) is 53.9 Å². The van der Waals surface area contributed by atoms with Gasteiger partial charge in [0.2, 0.25) is 5.91 Å². The normalized spacial score (nSPS) is 28.8. The molecule has 5 nitrogen and oxygen atoms in total. The number of hydrogen-bond donors (Lipinski definition) is 0. The second-order valence-corrected chi connectivity index (χ2v) is 8.37. The SMILES string of the molecule is C[C@@H]1CCN(C(=O)C[C@H]2CCN(C(=O)OC(C)(C)C)C2)C[C@H]1C. The Kier molecular flexibility index (Phi) is 5.58. The molecule has 0 N–H and O–H groups in total. The zero-order valence-electron chi connectivity index (χ0n) is 15.3. The number of rotatable bonds is 2. The van der Waals surface area contributed by atoms with E-state index in [1.165, 1.54) is 0 Å². The van der Waals surface area contributed by atoms with E-state index in [1.807, 2.05) is 25.7 Å². The highest BCUT2D eigenvalue weighted by atomic mass is 16.6. The van der Waals surface area contributed by atoms with Crippen molar-refractivity contribution < 1.29 is 14.3 Å². The van der Waals surface area contributed by atoms with Gasteiger partial charge in [-0.15, -0.1) is 0 Å². The van der Waals surface area contributed by atoms with Crippen LogP contribution in [-0.2, 0) is 9.53 Å². The largest absolute Gasteiger partial charge is 0.444 e. The number of ether oxygens (including phenoxy) is 1. The minimum Gasteiger partial charge on any atom is -0.444 e. The van der Waals surface area contributed by atoms with Gasteiger partial charge in [0.25, 0.3) is 0 Å². The maximum absolute atomic E-state index is 12.5. The third kappa shape index (κ3) is 5.11. The smallest absolute Gasteiger partial charge is 0.410 e. The first-order valence-corrected chi connectivity index (χ1v) is 8.91. The molecule has 2 saturated heterocycles. The monoisotopic (exact) mass is 324 g/mol. The second kappa shape index (κ2) is 7.10. The molecule has 0 aromatic heterocycles. The fourth-order valence-electron chi connectivity index (χ4n) is 3.36. The van der Waals surface area contributed by atoms with Gasteiger partial charge in [0, 0.05) is 32.6 Å². The molecule has 132 valence electrons. The summed E-state index contributed by atoms with van der Waals surface area (Å²) in [6.45, 7) is 13.2. The molecule has 0 aromatic carbocycles. The molecule has 0 aromatic rings. The van der Waals surface area contributed by atoms with Crippen LogP contribution < -0.4 is 0 Å². The van der Waals surface area contributed by atoms with E-state index in [1.54, 1.807) is 4.90 Å². The molecule has 0 radical (unpaired) electrons. The Balaban J connectivity index is 1.79. The highest BCUT2D eigenvalue weighted by molar-refractivity contribution is 5.77. The average Bonchev–Trinajstić information content (AvgIpc) is 2.88. The molecule has 2 fully saturated rings. The lowest BCUT2D eigenvalue weighted by molar-refractivity contribution is -0.134. The van der Waals surface area contributed by atoms with E-state index in [4.69, 9.17) is 4.74 Å². The second-order valence-electron chi connectivity index (χ2n) is 8.37. The van der Waals surface area contributed by atoms with Gasteiger partial charge in [-0.05, 0) is 51.4 Å². The molecule has 3 atom stereocenters. The Morgan fingerprint density at radius 3 is 2.26 bits per heavy atom. The van der Waals surface area contributed by atoms with E-state index < -0.39 is 5.60 Å². The van der Waals surface area contributed by atoms with Crippen molar-refractivity contribution in [3.63, 3.8) is 0 Å². The lowest BCUT2D eigenvalue weighted by atomic mass is 9.88. The molecule has 2 heterocycles. The number of nitrogens with zero attached hydrogens (tertiary/aromatic N) is 2. The number of likely N-dealkylation sites (tertiary alicyclic amines) is 2. The Hall–Kier alpha value is -1.26. The van der Waals surface area contributed by atoms with Crippen LogP contribution in [0.2, 0.25) is 0 Å². The first kappa shape index (κ1) is 18.1. The summed E-state index contributed by atoms with van der Waals surface area (Å²) in [5.41, 5.74) is -0.467. The van der Waals surface area contributed by atoms with Crippen molar-refractivity contribution in [1.82, 2.24) is 9.80 Å². The van der Waals surface area contributed by atoms with Gasteiger partial charge < -0.3 is 14.5 Å². The van der Waals surface area contributed by atoms with Crippen molar-refractivity contribution in [2.24, 2.45) is 17.8 Å². The van der Waals surface area contributed by atoms with Crippen LogP contribution in [0.4, 0.5) is 4.79 Å². The first-order chi connectivity index (χ1) is 10.7. The topological polar surface area (TPSA) is 49.9 Å². The molecule has 0 spiro atoms. The fourth-order valence-corrected chi connectivity index (χ4v) is 3.36. The lowest BCUT2D eigenvalue weighted by Gasteiger charge is -2.35. The van der Waals surface area contributed by atoms with Crippen molar-refractivity contribution in [3.05, 3.63) is 0 Å². The van der Waals surface area contributed by atoms with Crippen LogP contribution >= 0.6 is 0 Å². The van der Waals surface area contributed by atoms with Crippen molar-refractivity contribution in [1.29, 1.82) is 0 Å². The summed E-state index contributed by atoms with van der Waals surface area (Å²) in [7, 11) is 0. The molecule has 2 rings (SSSR count). The van der Waals surface area contributed by atoms with E-state index >= 15 is 0 Å². The Labute approximate surface area is 140 Å². The molecule has 2 aliphatic heterocycles. The fraction of sp³-hybridized carbons (Fsp3) is 0.889. The molecule has 2 aliphatic rings. The average molecular weight is 324 g/mol. The number of amides is 2. The number of carbonyl (C=O) groups is 2. The van der Waals surface area contributed by atoms with Crippen molar-refractivity contribution >= 4 is 12.0 Å². The molecule has 5 heteroatoms. The van der Waals surface area contributed by atoms with Gasteiger partial charge in [0.05, 0.1) is 0 Å². The van der Waals surface area contributed by atoms with Gasteiger partial charge in [-0.2, -0.15) is 0 Å². The van der Waals surface area contributed by atoms with Crippen LogP contribution in [0.3, 0.4) is 0 Å². The van der Waals surface area contributed by atoms with Crippen LogP contribution in [0.5, 0.6) is 0 Å². The van der Waals surface area contributed by atoms with Gasteiger partial charge in [0.1, 0.15) is 5.60 Å². The zero-order chi connectivity index (χ0) is 17.2. The van der Waals surface area contributed by atoms with Crippen molar-refractivity contribution in [3.8, 4) is 0 Å². The molecular formula is C18H32N2O3. The minimum absolute atomic E-state index is 0.250. The third-order valence-electron chi connectivity index (χ3n) is 5.09. The molecular weight excluding hydrogens is 292 g/mol. The van der Waals surface area contributed by atoms with Crippen LogP contribution in [0.25, 0.3) is 0 Å². The van der Waals surface area contributed by atoms with E-state index in [0.29, 0.717) is 31.3 Å². The molecule has 0 unspecified atom stereocenters. The van der Waals surface area contributed by atoms with E-state index in [-0.39, 0.29) is 17.9 Å². The highest BCUT2D eigenvalue weighted by Crippen LogP contribution is 2.26. The van der Waals surface area contributed by atoms with Crippen LogP contribution in [0, 0.1) is 17.8 Å². The standard InChI is InChI=1S/C18H32N2O3/c1-13-6-8-19(11-14(13)2)16(21)10-15-7-9-20(12-15)17(22)23-18(3,4)5/h13-15H,6-12H2,1-5H3/t13-,14-,15-/m1/s1. The summed E-state index contributed by atoms with van der Waals surface area (Å²) in [4.78, 5) is 28.3. The van der Waals surface area contributed by atoms with E-state index in [2.05, 4.69) is 13.8 Å². The summed E-state index contributed by atoms with van der Waals surface area (Å²) in [6.07, 6.45) is 2.29. The van der Waals surface area contributed by atoms with Gasteiger partial charge in [-0.25, -0.2) is 4.79 Å². The maximum Gasteiger partial charge on any atom is 0.410 e. The van der Waals surface area contributed by atoms with Crippen LogP contribution in [0.15, 0.2) is 0 Å². The lowest BCUT2D eigenvalue weighted by Crippen LogP contribution is -2.43. The minimum atomic E-state index is -0.467. The Morgan fingerprint density at radius 1 is 1.00 bits per heavy atom. The molecule has 0 saturated carbocycles. The molecule has 23 heavy (non-hydrogen) atoms. The number of carbonyl (C=O) groups excluding carboxylic acids is 2. The summed E-state index contributed by atoms with van der Waals surface area (Å²) in [5.74, 6) is 1.80.